The van der Waals surface area contributed by atoms with Crippen molar-refractivity contribution in [3.8, 4) is 11.5 Å². The van der Waals surface area contributed by atoms with E-state index in [9.17, 15) is 4.79 Å². The molecule has 1 amide bonds. The smallest absolute Gasteiger partial charge is 0.224 e. The van der Waals surface area contributed by atoms with E-state index < -0.39 is 0 Å². The Balaban J connectivity index is 1.56. The number of amides is 1. The van der Waals surface area contributed by atoms with Crippen molar-refractivity contribution in [3.05, 3.63) is 53.6 Å². The molecule has 0 aromatic heterocycles. The fourth-order valence-electron chi connectivity index (χ4n) is 3.34. The minimum absolute atomic E-state index is 0.00753. The van der Waals surface area contributed by atoms with Gasteiger partial charge in [0.2, 0.25) is 5.91 Å². The van der Waals surface area contributed by atoms with Gasteiger partial charge >= 0.3 is 0 Å². The summed E-state index contributed by atoms with van der Waals surface area (Å²) in [6, 6.07) is 13.8. The molecule has 0 aliphatic carbocycles. The van der Waals surface area contributed by atoms with Crippen LogP contribution in [0.4, 0.5) is 5.69 Å². The van der Waals surface area contributed by atoms with Crippen LogP contribution in [0.15, 0.2) is 42.5 Å². The van der Waals surface area contributed by atoms with Gasteiger partial charge in [-0.2, -0.15) is 0 Å². The van der Waals surface area contributed by atoms with E-state index >= 15 is 0 Å². The Morgan fingerprint density at radius 1 is 1.04 bits per heavy atom. The Bertz CT molecular complexity index is 769. The van der Waals surface area contributed by atoms with Crippen LogP contribution in [-0.2, 0) is 22.6 Å². The zero-order valence-corrected chi connectivity index (χ0v) is 14.7. The van der Waals surface area contributed by atoms with Gasteiger partial charge in [0, 0.05) is 18.4 Å². The van der Waals surface area contributed by atoms with E-state index in [1.807, 2.05) is 42.5 Å². The number of nitrogens with one attached hydrogen (secondary N) is 1. The first kappa shape index (κ1) is 16.9. The van der Waals surface area contributed by atoms with Gasteiger partial charge in [-0.05, 0) is 37.0 Å². The van der Waals surface area contributed by atoms with Crippen LogP contribution in [0.25, 0.3) is 0 Å². The number of carbonyl (C=O) groups excluding carboxylic acids is 1. The second kappa shape index (κ2) is 7.79. The predicted octanol–water partition coefficient (Wildman–Crippen LogP) is 4.06. The third kappa shape index (κ3) is 3.83. The lowest BCUT2D eigenvalue weighted by Gasteiger charge is -2.27. The summed E-state index contributed by atoms with van der Waals surface area (Å²) in [5.74, 6) is 1.46. The number of hydrogen-bond donors (Lipinski definition) is 1. The summed E-state index contributed by atoms with van der Waals surface area (Å²) < 4.78 is 17.7. The number of benzene rings is 2. The Labute approximate surface area is 153 Å². The third-order valence-electron chi connectivity index (χ3n) is 4.73. The molecule has 26 heavy (non-hydrogen) atoms. The van der Waals surface area contributed by atoms with Crippen LogP contribution in [0.1, 0.15) is 36.8 Å². The van der Waals surface area contributed by atoms with Crippen molar-refractivity contribution in [3.63, 3.8) is 0 Å². The lowest BCUT2D eigenvalue weighted by Crippen LogP contribution is -2.26. The molecule has 1 fully saturated rings. The summed E-state index contributed by atoms with van der Waals surface area (Å²) in [6.45, 7) is 1.19. The lowest BCUT2D eigenvalue weighted by molar-refractivity contribution is -0.116. The standard InChI is InChI=1S/C21H23NO4/c23-19-12-9-16-17(26-20-8-4-5-13-24-20)10-11-18(21(16)22-19)25-14-15-6-2-1-3-7-15/h1-3,6-7,10-11,20H,4-5,8-9,12-14H2,(H,22,23). The molecule has 1 N–H and O–H groups in total. The van der Waals surface area contributed by atoms with Crippen molar-refractivity contribution < 1.29 is 19.0 Å². The first-order valence-corrected chi connectivity index (χ1v) is 9.20. The molecule has 1 saturated heterocycles. The monoisotopic (exact) mass is 353 g/mol. The average molecular weight is 353 g/mol. The van der Waals surface area contributed by atoms with Crippen molar-refractivity contribution in [1.29, 1.82) is 0 Å². The minimum Gasteiger partial charge on any atom is -0.487 e. The van der Waals surface area contributed by atoms with Gasteiger partial charge in [-0.15, -0.1) is 0 Å². The van der Waals surface area contributed by atoms with E-state index in [2.05, 4.69) is 5.32 Å². The third-order valence-corrected chi connectivity index (χ3v) is 4.73. The van der Waals surface area contributed by atoms with Gasteiger partial charge in [0.15, 0.2) is 6.29 Å². The van der Waals surface area contributed by atoms with Gasteiger partial charge in [0.25, 0.3) is 0 Å². The van der Waals surface area contributed by atoms with Crippen LogP contribution in [0.5, 0.6) is 11.5 Å². The molecule has 2 aliphatic heterocycles. The van der Waals surface area contributed by atoms with Crippen molar-refractivity contribution in [1.82, 2.24) is 0 Å². The van der Waals surface area contributed by atoms with Gasteiger partial charge in [0.1, 0.15) is 18.1 Å². The first-order valence-electron chi connectivity index (χ1n) is 9.20. The molecule has 2 heterocycles. The fourth-order valence-corrected chi connectivity index (χ4v) is 3.34. The van der Waals surface area contributed by atoms with E-state index in [0.717, 1.165) is 48.4 Å². The maximum atomic E-state index is 11.9. The topological polar surface area (TPSA) is 56.8 Å². The molecule has 0 spiro atoms. The lowest BCUT2D eigenvalue weighted by atomic mass is 10.0. The van der Waals surface area contributed by atoms with Gasteiger partial charge < -0.3 is 19.5 Å². The van der Waals surface area contributed by atoms with Gasteiger partial charge in [-0.1, -0.05) is 30.3 Å². The summed E-state index contributed by atoms with van der Waals surface area (Å²) in [6.07, 6.45) is 3.99. The largest absolute Gasteiger partial charge is 0.487 e. The van der Waals surface area contributed by atoms with E-state index in [4.69, 9.17) is 14.2 Å². The van der Waals surface area contributed by atoms with Crippen LogP contribution in [0.3, 0.4) is 0 Å². The van der Waals surface area contributed by atoms with Crippen LogP contribution in [0.2, 0.25) is 0 Å². The van der Waals surface area contributed by atoms with E-state index in [0.29, 0.717) is 25.2 Å². The van der Waals surface area contributed by atoms with E-state index in [-0.39, 0.29) is 12.2 Å². The molecule has 5 heteroatoms. The predicted molar refractivity (Wildman–Crippen MR) is 98.4 cm³/mol. The quantitative estimate of drug-likeness (QED) is 0.881. The molecule has 1 atom stereocenters. The maximum absolute atomic E-state index is 11.9. The highest BCUT2D eigenvalue weighted by atomic mass is 16.7. The summed E-state index contributed by atoms with van der Waals surface area (Å²) in [7, 11) is 0. The zero-order chi connectivity index (χ0) is 17.8. The highest BCUT2D eigenvalue weighted by Crippen LogP contribution is 2.40. The molecular weight excluding hydrogens is 330 g/mol. The van der Waals surface area contributed by atoms with Crippen molar-refractivity contribution in [2.75, 3.05) is 11.9 Å². The molecule has 2 aliphatic rings. The van der Waals surface area contributed by atoms with Gasteiger partial charge in [0.05, 0.1) is 12.3 Å². The molecule has 136 valence electrons. The Hall–Kier alpha value is -2.53. The summed E-state index contributed by atoms with van der Waals surface area (Å²) in [5.41, 5.74) is 2.80. The molecule has 0 bridgehead atoms. The first-order chi connectivity index (χ1) is 12.8. The highest BCUT2D eigenvalue weighted by Gasteiger charge is 2.25. The molecule has 0 saturated carbocycles. The van der Waals surface area contributed by atoms with Crippen molar-refractivity contribution in [2.24, 2.45) is 0 Å². The number of ether oxygens (including phenoxy) is 3. The molecule has 1 unspecified atom stereocenters. The second-order valence-corrected chi connectivity index (χ2v) is 6.65. The summed E-state index contributed by atoms with van der Waals surface area (Å²) in [4.78, 5) is 11.9. The molecular formula is C21H23NO4. The summed E-state index contributed by atoms with van der Waals surface area (Å²) >= 11 is 0. The molecule has 5 nitrogen and oxygen atoms in total. The molecule has 0 radical (unpaired) electrons. The maximum Gasteiger partial charge on any atom is 0.224 e. The van der Waals surface area contributed by atoms with E-state index in [1.165, 1.54) is 0 Å². The zero-order valence-electron chi connectivity index (χ0n) is 14.7. The Morgan fingerprint density at radius 2 is 1.88 bits per heavy atom. The summed E-state index contributed by atoms with van der Waals surface area (Å²) in [5, 5.41) is 2.96. The van der Waals surface area contributed by atoms with Crippen molar-refractivity contribution in [2.45, 2.75) is 45.0 Å². The Morgan fingerprint density at radius 3 is 2.69 bits per heavy atom. The van der Waals surface area contributed by atoms with Crippen molar-refractivity contribution >= 4 is 11.6 Å². The fraction of sp³-hybridized carbons (Fsp3) is 0.381. The number of carbonyl (C=O) groups is 1. The van der Waals surface area contributed by atoms with Gasteiger partial charge in [-0.25, -0.2) is 0 Å². The minimum atomic E-state index is -0.207. The number of anilines is 1. The number of rotatable bonds is 5. The molecule has 2 aromatic rings. The molecule has 2 aromatic carbocycles. The SMILES string of the molecule is O=C1CCc2c(OC3CCCCO3)ccc(OCc3ccccc3)c2N1. The second-order valence-electron chi connectivity index (χ2n) is 6.65. The van der Waals surface area contributed by atoms with Crippen LogP contribution in [-0.4, -0.2) is 18.8 Å². The van der Waals surface area contributed by atoms with Crippen LogP contribution < -0.4 is 14.8 Å². The van der Waals surface area contributed by atoms with Crippen LogP contribution in [0, 0.1) is 0 Å². The molecule has 4 rings (SSSR count). The Kier molecular flexibility index (Phi) is 5.07. The average Bonchev–Trinajstić information content (AvgIpc) is 2.69. The van der Waals surface area contributed by atoms with Gasteiger partial charge in [-0.3, -0.25) is 4.79 Å². The van der Waals surface area contributed by atoms with Crippen LogP contribution >= 0.6 is 0 Å². The highest BCUT2D eigenvalue weighted by molar-refractivity contribution is 5.96. The number of hydrogen-bond acceptors (Lipinski definition) is 4. The number of fused-ring (bicyclic) bond motifs is 1. The van der Waals surface area contributed by atoms with E-state index in [1.54, 1.807) is 0 Å². The normalized spacial score (nSPS) is 19.4.